The van der Waals surface area contributed by atoms with Crippen molar-refractivity contribution < 1.29 is 5.11 Å². The van der Waals surface area contributed by atoms with Crippen LogP contribution in [-0.2, 0) is 6.54 Å². The van der Waals surface area contributed by atoms with Crippen molar-refractivity contribution in [1.29, 1.82) is 0 Å². The van der Waals surface area contributed by atoms with Gasteiger partial charge in [0.1, 0.15) is 5.75 Å². The Morgan fingerprint density at radius 3 is 1.95 bits per heavy atom. The molecule has 0 aromatic heterocycles. The number of aromatic hydroxyl groups is 1. The maximum absolute atomic E-state index is 9.25. The lowest BCUT2D eigenvalue weighted by atomic mass is 10.0. The molecule has 104 valence electrons. The van der Waals surface area contributed by atoms with E-state index in [1.807, 2.05) is 18.2 Å². The number of hydrogen-bond acceptors (Lipinski definition) is 2. The van der Waals surface area contributed by atoms with Gasteiger partial charge in [-0.05, 0) is 41.0 Å². The van der Waals surface area contributed by atoms with Crippen LogP contribution in [0, 0.1) is 0 Å². The van der Waals surface area contributed by atoms with E-state index in [0.717, 1.165) is 12.2 Å². The summed E-state index contributed by atoms with van der Waals surface area (Å²) in [6.07, 6.45) is 0. The average molecular weight is 275 g/mol. The number of nitrogens with one attached hydrogen (secondary N) is 1. The van der Waals surface area contributed by atoms with E-state index in [2.05, 4.69) is 53.8 Å². The Kier molecular flexibility index (Phi) is 3.88. The van der Waals surface area contributed by atoms with Crippen LogP contribution in [0.15, 0.2) is 78.9 Å². The van der Waals surface area contributed by atoms with Gasteiger partial charge in [0.05, 0.1) is 0 Å². The second-order valence-electron chi connectivity index (χ2n) is 4.96. The second-order valence-corrected chi connectivity index (χ2v) is 4.96. The molecule has 3 aromatic carbocycles. The highest BCUT2D eigenvalue weighted by Gasteiger charge is 1.98. The van der Waals surface area contributed by atoms with Crippen LogP contribution in [0.1, 0.15) is 5.56 Å². The molecule has 0 atom stereocenters. The highest BCUT2D eigenvalue weighted by atomic mass is 16.3. The van der Waals surface area contributed by atoms with Crippen molar-refractivity contribution in [3.63, 3.8) is 0 Å². The van der Waals surface area contributed by atoms with Gasteiger partial charge >= 0.3 is 0 Å². The van der Waals surface area contributed by atoms with E-state index in [9.17, 15) is 5.11 Å². The fourth-order valence-corrected chi connectivity index (χ4v) is 2.23. The zero-order valence-corrected chi connectivity index (χ0v) is 11.7. The Morgan fingerprint density at radius 2 is 1.29 bits per heavy atom. The van der Waals surface area contributed by atoms with Gasteiger partial charge in [0, 0.05) is 12.2 Å². The van der Waals surface area contributed by atoms with Crippen LogP contribution in [-0.4, -0.2) is 5.11 Å². The van der Waals surface area contributed by atoms with E-state index in [-0.39, 0.29) is 5.75 Å². The van der Waals surface area contributed by atoms with Gasteiger partial charge in [0.25, 0.3) is 0 Å². The molecule has 0 amide bonds. The van der Waals surface area contributed by atoms with Crippen molar-refractivity contribution in [3.05, 3.63) is 84.4 Å². The molecule has 2 nitrogen and oxygen atoms in total. The third kappa shape index (κ3) is 3.42. The summed E-state index contributed by atoms with van der Waals surface area (Å²) in [5.41, 5.74) is 4.68. The zero-order chi connectivity index (χ0) is 14.5. The molecule has 2 heteroatoms. The summed E-state index contributed by atoms with van der Waals surface area (Å²) in [6.45, 7) is 0.764. The largest absolute Gasteiger partial charge is 0.508 e. The molecular weight excluding hydrogens is 258 g/mol. The summed E-state index contributed by atoms with van der Waals surface area (Å²) in [5.74, 6) is 0.285. The summed E-state index contributed by atoms with van der Waals surface area (Å²) in [7, 11) is 0. The molecule has 21 heavy (non-hydrogen) atoms. The first-order valence-corrected chi connectivity index (χ1v) is 6.98. The third-order valence-electron chi connectivity index (χ3n) is 3.42. The molecule has 3 aromatic rings. The van der Waals surface area contributed by atoms with E-state index in [4.69, 9.17) is 0 Å². The van der Waals surface area contributed by atoms with Crippen LogP contribution in [0.2, 0.25) is 0 Å². The monoisotopic (exact) mass is 275 g/mol. The van der Waals surface area contributed by atoms with Gasteiger partial charge in [0.2, 0.25) is 0 Å². The molecule has 0 aliphatic heterocycles. The van der Waals surface area contributed by atoms with Crippen LogP contribution in [0.3, 0.4) is 0 Å². The lowest BCUT2D eigenvalue weighted by molar-refractivity contribution is 0.475. The van der Waals surface area contributed by atoms with E-state index in [0.29, 0.717) is 0 Å². The summed E-state index contributed by atoms with van der Waals surface area (Å²) in [5, 5.41) is 12.6. The van der Waals surface area contributed by atoms with E-state index in [1.165, 1.54) is 16.7 Å². The third-order valence-corrected chi connectivity index (χ3v) is 3.42. The standard InChI is InChI=1S/C19H17NO/c21-19-12-10-18(11-13-19)20-14-15-6-8-17(9-7-15)16-4-2-1-3-5-16/h1-13,20-21H,14H2. The number of hydrogen-bond donors (Lipinski definition) is 2. The van der Waals surface area contributed by atoms with E-state index >= 15 is 0 Å². The molecule has 0 aliphatic rings. The number of benzene rings is 3. The van der Waals surface area contributed by atoms with Gasteiger partial charge in [-0.2, -0.15) is 0 Å². The van der Waals surface area contributed by atoms with Crippen molar-refractivity contribution in [1.82, 2.24) is 0 Å². The van der Waals surface area contributed by atoms with E-state index in [1.54, 1.807) is 12.1 Å². The Bertz CT molecular complexity index is 688. The molecule has 0 spiro atoms. The molecule has 0 saturated heterocycles. The van der Waals surface area contributed by atoms with Gasteiger partial charge in [-0.3, -0.25) is 0 Å². The maximum atomic E-state index is 9.25. The first-order valence-electron chi connectivity index (χ1n) is 6.98. The first kappa shape index (κ1) is 13.3. The fraction of sp³-hybridized carbons (Fsp3) is 0.0526. The van der Waals surface area contributed by atoms with Gasteiger partial charge < -0.3 is 10.4 Å². The molecule has 0 unspecified atom stereocenters. The predicted molar refractivity (Wildman–Crippen MR) is 87.3 cm³/mol. The number of phenolic OH excluding ortho intramolecular Hbond substituents is 1. The average Bonchev–Trinajstić information content (AvgIpc) is 2.56. The van der Waals surface area contributed by atoms with Crippen molar-refractivity contribution in [2.24, 2.45) is 0 Å². The Labute approximate surface area is 124 Å². The molecule has 0 heterocycles. The van der Waals surface area contributed by atoms with Gasteiger partial charge in [-0.1, -0.05) is 54.6 Å². The zero-order valence-electron chi connectivity index (χ0n) is 11.7. The quantitative estimate of drug-likeness (QED) is 0.678. The normalized spacial score (nSPS) is 10.3. The van der Waals surface area contributed by atoms with Crippen LogP contribution < -0.4 is 5.32 Å². The molecule has 0 fully saturated rings. The Balaban J connectivity index is 1.66. The lowest BCUT2D eigenvalue weighted by Crippen LogP contribution is -1.98. The molecular formula is C19H17NO. The molecule has 0 radical (unpaired) electrons. The van der Waals surface area contributed by atoms with Gasteiger partial charge in [-0.25, -0.2) is 0 Å². The SMILES string of the molecule is Oc1ccc(NCc2ccc(-c3ccccc3)cc2)cc1. The van der Waals surface area contributed by atoms with E-state index < -0.39 is 0 Å². The predicted octanol–water partition coefficient (Wildman–Crippen LogP) is 4.67. The smallest absolute Gasteiger partial charge is 0.115 e. The molecule has 0 bridgehead atoms. The number of anilines is 1. The van der Waals surface area contributed by atoms with Gasteiger partial charge in [-0.15, -0.1) is 0 Å². The van der Waals surface area contributed by atoms with Crippen LogP contribution >= 0.6 is 0 Å². The van der Waals surface area contributed by atoms with Crippen LogP contribution in [0.5, 0.6) is 5.75 Å². The van der Waals surface area contributed by atoms with Crippen molar-refractivity contribution >= 4 is 5.69 Å². The topological polar surface area (TPSA) is 32.3 Å². The van der Waals surface area contributed by atoms with Crippen molar-refractivity contribution in [2.45, 2.75) is 6.54 Å². The Morgan fingerprint density at radius 1 is 0.667 bits per heavy atom. The van der Waals surface area contributed by atoms with Crippen LogP contribution in [0.25, 0.3) is 11.1 Å². The second kappa shape index (κ2) is 6.14. The molecule has 0 saturated carbocycles. The minimum atomic E-state index is 0.285. The number of rotatable bonds is 4. The Hall–Kier alpha value is -2.74. The fourth-order valence-electron chi connectivity index (χ4n) is 2.23. The molecule has 3 rings (SSSR count). The van der Waals surface area contributed by atoms with Gasteiger partial charge in [0.15, 0.2) is 0 Å². The summed E-state index contributed by atoms with van der Waals surface area (Å²) in [4.78, 5) is 0. The minimum Gasteiger partial charge on any atom is -0.508 e. The molecule has 2 N–H and O–H groups in total. The maximum Gasteiger partial charge on any atom is 0.115 e. The van der Waals surface area contributed by atoms with Crippen LogP contribution in [0.4, 0.5) is 5.69 Å². The molecule has 0 aliphatic carbocycles. The highest BCUT2D eigenvalue weighted by Crippen LogP contribution is 2.20. The summed E-state index contributed by atoms with van der Waals surface area (Å²) >= 11 is 0. The first-order chi connectivity index (χ1) is 10.3. The minimum absolute atomic E-state index is 0.285. The summed E-state index contributed by atoms with van der Waals surface area (Å²) in [6, 6.07) is 26.0. The summed E-state index contributed by atoms with van der Waals surface area (Å²) < 4.78 is 0. The van der Waals surface area contributed by atoms with Crippen molar-refractivity contribution in [2.75, 3.05) is 5.32 Å². The highest BCUT2D eigenvalue weighted by molar-refractivity contribution is 5.63. The van der Waals surface area contributed by atoms with Crippen molar-refractivity contribution in [3.8, 4) is 16.9 Å². The number of phenols is 1. The lowest BCUT2D eigenvalue weighted by Gasteiger charge is -2.08.